The van der Waals surface area contributed by atoms with Crippen molar-refractivity contribution in [1.82, 2.24) is 4.57 Å². The second kappa shape index (κ2) is 8.79. The first kappa shape index (κ1) is 19.7. The number of carbonyl (C=O) groups is 1. The zero-order valence-corrected chi connectivity index (χ0v) is 16.9. The van der Waals surface area contributed by atoms with Crippen LogP contribution in [0.4, 0.5) is 5.69 Å². The number of aromatic nitrogens is 1. The van der Waals surface area contributed by atoms with Gasteiger partial charge >= 0.3 is 0 Å². The van der Waals surface area contributed by atoms with Gasteiger partial charge in [0.1, 0.15) is 18.1 Å². The lowest BCUT2D eigenvalue weighted by atomic mass is 10.1. The lowest BCUT2D eigenvalue weighted by Crippen LogP contribution is -2.17. The molecule has 1 amide bonds. The first-order valence-electron chi connectivity index (χ1n) is 9.79. The Morgan fingerprint density at radius 3 is 2.71 bits per heavy atom. The predicted octanol–water partition coefficient (Wildman–Crippen LogP) is 5.88. The molecule has 0 atom stereocenters. The molecule has 0 spiro atoms. The van der Waals surface area contributed by atoms with E-state index < -0.39 is 0 Å². The SMILES string of the molecule is C=CCOc1cccc2c1cc(C(=O)Nc1ccc(C)c(C)c1)n2CCCC. The van der Waals surface area contributed by atoms with E-state index in [1.807, 2.05) is 49.4 Å². The van der Waals surface area contributed by atoms with Crippen LogP contribution in [0.1, 0.15) is 41.4 Å². The van der Waals surface area contributed by atoms with Crippen LogP contribution >= 0.6 is 0 Å². The molecular weight excluding hydrogens is 348 g/mol. The van der Waals surface area contributed by atoms with Gasteiger partial charge in [-0.2, -0.15) is 0 Å². The van der Waals surface area contributed by atoms with Gasteiger partial charge in [0.25, 0.3) is 5.91 Å². The molecule has 0 aliphatic heterocycles. The Bertz CT molecular complexity index is 1000. The summed E-state index contributed by atoms with van der Waals surface area (Å²) in [5, 5.41) is 4.00. The number of hydrogen-bond donors (Lipinski definition) is 1. The van der Waals surface area contributed by atoms with Gasteiger partial charge in [-0.25, -0.2) is 0 Å². The van der Waals surface area contributed by atoms with Crippen LogP contribution in [0.5, 0.6) is 5.75 Å². The highest BCUT2D eigenvalue weighted by molar-refractivity contribution is 6.07. The van der Waals surface area contributed by atoms with E-state index in [1.54, 1.807) is 6.08 Å². The Morgan fingerprint density at radius 2 is 2.00 bits per heavy atom. The lowest BCUT2D eigenvalue weighted by Gasteiger charge is -2.12. The highest BCUT2D eigenvalue weighted by Gasteiger charge is 2.18. The summed E-state index contributed by atoms with van der Waals surface area (Å²) in [6, 6.07) is 13.8. The Labute approximate surface area is 166 Å². The zero-order chi connectivity index (χ0) is 20.1. The van der Waals surface area contributed by atoms with E-state index in [2.05, 4.69) is 30.3 Å². The molecule has 3 rings (SSSR count). The number of benzene rings is 2. The van der Waals surface area contributed by atoms with E-state index >= 15 is 0 Å². The quantitative estimate of drug-likeness (QED) is 0.499. The number of carbonyl (C=O) groups excluding carboxylic acids is 1. The van der Waals surface area contributed by atoms with Crippen LogP contribution in [0.2, 0.25) is 0 Å². The monoisotopic (exact) mass is 376 g/mol. The molecule has 0 aliphatic carbocycles. The summed E-state index contributed by atoms with van der Waals surface area (Å²) >= 11 is 0. The summed E-state index contributed by atoms with van der Waals surface area (Å²) in [6.45, 7) is 11.2. The summed E-state index contributed by atoms with van der Waals surface area (Å²) in [5.74, 6) is 0.665. The van der Waals surface area contributed by atoms with Gasteiger partial charge in [0.05, 0.1) is 5.52 Å². The van der Waals surface area contributed by atoms with Crippen LogP contribution in [0.15, 0.2) is 55.1 Å². The third-order valence-corrected chi connectivity index (χ3v) is 5.00. The fourth-order valence-corrected chi connectivity index (χ4v) is 3.29. The smallest absolute Gasteiger partial charge is 0.272 e. The van der Waals surface area contributed by atoms with E-state index in [9.17, 15) is 4.79 Å². The maximum atomic E-state index is 13.1. The molecule has 3 aromatic rings. The Hall–Kier alpha value is -3.01. The Kier molecular flexibility index (Phi) is 6.19. The number of ether oxygens (including phenoxy) is 1. The van der Waals surface area contributed by atoms with Crippen LogP contribution in [0.3, 0.4) is 0 Å². The van der Waals surface area contributed by atoms with E-state index in [1.165, 1.54) is 5.56 Å². The van der Waals surface area contributed by atoms with Crippen molar-refractivity contribution in [1.29, 1.82) is 0 Å². The first-order chi connectivity index (χ1) is 13.5. The molecule has 0 fully saturated rings. The average molecular weight is 377 g/mol. The molecule has 146 valence electrons. The van der Waals surface area contributed by atoms with Crippen molar-refractivity contribution in [3.05, 3.63) is 71.9 Å². The molecule has 1 aromatic heterocycles. The number of rotatable bonds is 8. The van der Waals surface area contributed by atoms with Gasteiger partial charge in [-0.3, -0.25) is 4.79 Å². The van der Waals surface area contributed by atoms with E-state index in [0.717, 1.165) is 47.3 Å². The third kappa shape index (κ3) is 4.11. The number of nitrogens with one attached hydrogen (secondary N) is 1. The number of amides is 1. The molecule has 0 bridgehead atoms. The van der Waals surface area contributed by atoms with Crippen molar-refractivity contribution in [2.75, 3.05) is 11.9 Å². The van der Waals surface area contributed by atoms with Crippen molar-refractivity contribution >= 4 is 22.5 Å². The maximum absolute atomic E-state index is 13.1. The maximum Gasteiger partial charge on any atom is 0.272 e. The van der Waals surface area contributed by atoms with Crippen molar-refractivity contribution in [3.8, 4) is 5.75 Å². The molecule has 0 aliphatic rings. The number of aryl methyl sites for hydroxylation is 3. The van der Waals surface area contributed by atoms with Gasteiger partial charge in [0.15, 0.2) is 0 Å². The van der Waals surface area contributed by atoms with Crippen molar-refractivity contribution in [2.45, 2.75) is 40.2 Å². The molecule has 4 heteroatoms. The van der Waals surface area contributed by atoms with Gasteiger partial charge in [0, 0.05) is 17.6 Å². The normalized spacial score (nSPS) is 10.8. The third-order valence-electron chi connectivity index (χ3n) is 5.00. The molecule has 28 heavy (non-hydrogen) atoms. The fourth-order valence-electron chi connectivity index (χ4n) is 3.29. The second-order valence-corrected chi connectivity index (χ2v) is 7.08. The van der Waals surface area contributed by atoms with Crippen molar-refractivity contribution < 1.29 is 9.53 Å². The van der Waals surface area contributed by atoms with E-state index in [4.69, 9.17) is 4.74 Å². The largest absolute Gasteiger partial charge is 0.489 e. The highest BCUT2D eigenvalue weighted by Crippen LogP contribution is 2.30. The van der Waals surface area contributed by atoms with Crippen LogP contribution in [0, 0.1) is 13.8 Å². The summed E-state index contributed by atoms with van der Waals surface area (Å²) < 4.78 is 7.90. The molecule has 0 radical (unpaired) electrons. The first-order valence-corrected chi connectivity index (χ1v) is 9.79. The molecular formula is C24H28N2O2. The minimum absolute atomic E-state index is 0.106. The number of unbranched alkanes of at least 4 members (excludes halogenated alkanes) is 1. The lowest BCUT2D eigenvalue weighted by molar-refractivity contribution is 0.101. The number of anilines is 1. The molecule has 1 N–H and O–H groups in total. The predicted molar refractivity (Wildman–Crippen MR) is 116 cm³/mol. The summed E-state index contributed by atoms with van der Waals surface area (Å²) in [6.07, 6.45) is 3.79. The fraction of sp³-hybridized carbons (Fsp3) is 0.292. The van der Waals surface area contributed by atoms with Crippen molar-refractivity contribution in [2.24, 2.45) is 0 Å². The van der Waals surface area contributed by atoms with E-state index in [0.29, 0.717) is 12.3 Å². The minimum atomic E-state index is -0.106. The molecule has 2 aromatic carbocycles. The number of nitrogens with zero attached hydrogens (tertiary/aromatic N) is 1. The molecule has 4 nitrogen and oxygen atoms in total. The van der Waals surface area contributed by atoms with Gasteiger partial charge in [-0.05, 0) is 61.7 Å². The van der Waals surface area contributed by atoms with E-state index in [-0.39, 0.29) is 5.91 Å². The van der Waals surface area contributed by atoms with Crippen LogP contribution < -0.4 is 10.1 Å². The topological polar surface area (TPSA) is 43.3 Å². The Balaban J connectivity index is 2.00. The molecule has 0 saturated carbocycles. The number of hydrogen-bond acceptors (Lipinski definition) is 2. The van der Waals surface area contributed by atoms with Gasteiger partial charge < -0.3 is 14.6 Å². The minimum Gasteiger partial charge on any atom is -0.489 e. The standard InChI is InChI=1S/C24H28N2O2/c1-5-7-13-26-21-9-8-10-23(28-14-6-2)20(21)16-22(26)24(27)25-19-12-11-17(3)18(4)15-19/h6,8-12,15-16H,2,5,7,13-14H2,1,3-4H3,(H,25,27). The van der Waals surface area contributed by atoms with Gasteiger partial charge in [-0.15, -0.1) is 0 Å². The van der Waals surface area contributed by atoms with Crippen LogP contribution in [0.25, 0.3) is 10.9 Å². The summed E-state index contributed by atoms with van der Waals surface area (Å²) in [7, 11) is 0. The Morgan fingerprint density at radius 1 is 1.18 bits per heavy atom. The molecule has 0 saturated heterocycles. The van der Waals surface area contributed by atoms with Gasteiger partial charge in [0.2, 0.25) is 0 Å². The second-order valence-electron chi connectivity index (χ2n) is 7.08. The van der Waals surface area contributed by atoms with Crippen LogP contribution in [-0.2, 0) is 6.54 Å². The molecule has 1 heterocycles. The average Bonchev–Trinajstić information content (AvgIpc) is 3.07. The van der Waals surface area contributed by atoms with Crippen molar-refractivity contribution in [3.63, 3.8) is 0 Å². The van der Waals surface area contributed by atoms with Gasteiger partial charge in [-0.1, -0.05) is 38.1 Å². The van der Waals surface area contributed by atoms with Crippen LogP contribution in [-0.4, -0.2) is 17.1 Å². The summed E-state index contributed by atoms with van der Waals surface area (Å²) in [4.78, 5) is 13.1. The zero-order valence-electron chi connectivity index (χ0n) is 16.9. The number of fused-ring (bicyclic) bond motifs is 1. The highest BCUT2D eigenvalue weighted by atomic mass is 16.5. The molecule has 0 unspecified atom stereocenters. The summed E-state index contributed by atoms with van der Waals surface area (Å²) in [5.41, 5.74) is 4.84.